The number of hydrogen-bond donors (Lipinski definition) is 2. The normalized spacial score (nSPS) is 10.6. The number of aryl methyl sites for hydroxylation is 1. The number of rotatable bonds is 5. The molecule has 100 valence electrons. The number of aromatic hydroxyl groups is 2. The highest BCUT2D eigenvalue weighted by molar-refractivity contribution is 5.74. The van der Waals surface area contributed by atoms with E-state index in [1.54, 1.807) is 30.5 Å². The lowest BCUT2D eigenvalue weighted by Crippen LogP contribution is -1.89. The third-order valence-corrected chi connectivity index (χ3v) is 3.15. The Bertz CT molecular complexity index is 515. The molecule has 1 aromatic carbocycles. The lowest BCUT2D eigenvalue weighted by atomic mass is 10.0. The van der Waals surface area contributed by atoms with Crippen molar-refractivity contribution >= 4 is 0 Å². The Kier molecular flexibility index (Phi) is 4.39. The summed E-state index contributed by atoms with van der Waals surface area (Å²) in [6, 6.07) is 8.84. The Morgan fingerprint density at radius 2 is 1.79 bits per heavy atom. The molecule has 0 unspecified atom stereocenters. The minimum Gasteiger partial charge on any atom is -0.507 e. The summed E-state index contributed by atoms with van der Waals surface area (Å²) in [6.07, 6.45) is 5.90. The van der Waals surface area contributed by atoms with Gasteiger partial charge in [0.1, 0.15) is 11.5 Å². The van der Waals surface area contributed by atoms with Gasteiger partial charge in [0.2, 0.25) is 0 Å². The standard InChI is InChI=1S/C16H19NO2/c1-2-3-4-7-12-10-14(18)16(15(19)11-12)13-8-5-6-9-17-13/h5-6,8-11,18-19H,2-4,7H2,1H3. The summed E-state index contributed by atoms with van der Waals surface area (Å²) in [5, 5.41) is 20.2. The van der Waals surface area contributed by atoms with Crippen molar-refractivity contribution in [3.05, 3.63) is 42.1 Å². The monoisotopic (exact) mass is 257 g/mol. The Morgan fingerprint density at radius 3 is 2.37 bits per heavy atom. The maximum absolute atomic E-state index is 10.1. The van der Waals surface area contributed by atoms with Crippen LogP contribution in [0.4, 0.5) is 0 Å². The second-order valence-corrected chi connectivity index (χ2v) is 4.68. The summed E-state index contributed by atoms with van der Waals surface area (Å²) in [4.78, 5) is 4.16. The molecule has 0 atom stereocenters. The van der Waals surface area contributed by atoms with Gasteiger partial charge in [-0.15, -0.1) is 0 Å². The lowest BCUT2D eigenvalue weighted by Gasteiger charge is -2.09. The van der Waals surface area contributed by atoms with Crippen molar-refractivity contribution in [2.75, 3.05) is 0 Å². The molecule has 0 fully saturated rings. The van der Waals surface area contributed by atoms with Gasteiger partial charge >= 0.3 is 0 Å². The number of pyridine rings is 1. The van der Waals surface area contributed by atoms with Crippen LogP contribution in [0.1, 0.15) is 31.7 Å². The molecule has 0 aliphatic rings. The summed E-state index contributed by atoms with van der Waals surface area (Å²) in [5.41, 5.74) is 1.94. The molecule has 2 N–H and O–H groups in total. The van der Waals surface area contributed by atoms with E-state index < -0.39 is 0 Å². The minimum atomic E-state index is 0.0881. The molecule has 2 aromatic rings. The van der Waals surface area contributed by atoms with E-state index in [1.165, 1.54) is 0 Å². The van der Waals surface area contributed by atoms with Crippen molar-refractivity contribution in [1.29, 1.82) is 0 Å². The lowest BCUT2D eigenvalue weighted by molar-refractivity contribution is 0.452. The number of phenols is 2. The maximum Gasteiger partial charge on any atom is 0.128 e. The third kappa shape index (κ3) is 3.25. The van der Waals surface area contributed by atoms with Crippen LogP contribution < -0.4 is 0 Å². The predicted octanol–water partition coefficient (Wildman–Crippen LogP) is 3.89. The Balaban J connectivity index is 2.28. The largest absolute Gasteiger partial charge is 0.507 e. The molecule has 19 heavy (non-hydrogen) atoms. The molecule has 0 spiro atoms. The van der Waals surface area contributed by atoms with Crippen molar-refractivity contribution < 1.29 is 10.2 Å². The topological polar surface area (TPSA) is 53.4 Å². The van der Waals surface area contributed by atoms with Crippen LogP contribution in [0.5, 0.6) is 11.5 Å². The molecular weight excluding hydrogens is 238 g/mol. The molecule has 0 aliphatic heterocycles. The molecule has 1 aromatic heterocycles. The highest BCUT2D eigenvalue weighted by atomic mass is 16.3. The zero-order chi connectivity index (χ0) is 13.7. The molecular formula is C16H19NO2. The second-order valence-electron chi connectivity index (χ2n) is 4.68. The summed E-state index contributed by atoms with van der Waals surface area (Å²) in [6.45, 7) is 2.15. The minimum absolute atomic E-state index is 0.0881. The van der Waals surface area contributed by atoms with E-state index >= 15 is 0 Å². The number of nitrogens with zero attached hydrogens (tertiary/aromatic N) is 1. The zero-order valence-corrected chi connectivity index (χ0v) is 11.1. The number of phenolic OH excluding ortho intramolecular Hbond substituents is 2. The molecule has 1 heterocycles. The summed E-state index contributed by atoms with van der Waals surface area (Å²) < 4.78 is 0. The molecule has 0 aliphatic carbocycles. The van der Waals surface area contributed by atoms with E-state index in [2.05, 4.69) is 11.9 Å². The Labute approximate surface area is 113 Å². The highest BCUT2D eigenvalue weighted by Gasteiger charge is 2.12. The van der Waals surface area contributed by atoms with Crippen molar-refractivity contribution in [2.24, 2.45) is 0 Å². The second kappa shape index (κ2) is 6.23. The van der Waals surface area contributed by atoms with Gasteiger partial charge in [-0.3, -0.25) is 4.98 Å². The Hall–Kier alpha value is -2.03. The average molecular weight is 257 g/mol. The predicted molar refractivity (Wildman–Crippen MR) is 76.2 cm³/mol. The summed E-state index contributed by atoms with van der Waals surface area (Å²) in [5.74, 6) is 0.176. The molecule has 0 amide bonds. The van der Waals surface area contributed by atoms with Gasteiger partial charge in [-0.05, 0) is 42.7 Å². The zero-order valence-electron chi connectivity index (χ0n) is 11.1. The average Bonchev–Trinajstić information content (AvgIpc) is 2.39. The van der Waals surface area contributed by atoms with E-state index in [0.29, 0.717) is 11.3 Å². The van der Waals surface area contributed by atoms with Gasteiger partial charge < -0.3 is 10.2 Å². The van der Waals surface area contributed by atoms with Gasteiger partial charge in [0.05, 0.1) is 11.3 Å². The smallest absolute Gasteiger partial charge is 0.128 e. The molecule has 0 saturated carbocycles. The van der Waals surface area contributed by atoms with Crippen LogP contribution in [0.15, 0.2) is 36.5 Å². The van der Waals surface area contributed by atoms with Crippen LogP contribution in [0.25, 0.3) is 11.3 Å². The summed E-state index contributed by atoms with van der Waals surface area (Å²) in [7, 11) is 0. The first-order valence-electron chi connectivity index (χ1n) is 6.68. The number of aromatic nitrogens is 1. The highest BCUT2D eigenvalue weighted by Crippen LogP contribution is 2.37. The van der Waals surface area contributed by atoms with E-state index in [1.807, 2.05) is 6.07 Å². The molecule has 2 rings (SSSR count). The van der Waals surface area contributed by atoms with Gasteiger partial charge in [0.25, 0.3) is 0 Å². The third-order valence-electron chi connectivity index (χ3n) is 3.15. The van der Waals surface area contributed by atoms with Crippen molar-refractivity contribution in [3.8, 4) is 22.8 Å². The van der Waals surface area contributed by atoms with E-state index in [4.69, 9.17) is 0 Å². The number of unbranched alkanes of at least 4 members (excludes halogenated alkanes) is 2. The first kappa shape index (κ1) is 13.4. The fourth-order valence-electron chi connectivity index (χ4n) is 2.16. The van der Waals surface area contributed by atoms with Crippen LogP contribution in [-0.2, 0) is 6.42 Å². The van der Waals surface area contributed by atoms with Crippen LogP contribution >= 0.6 is 0 Å². The molecule has 3 heteroatoms. The van der Waals surface area contributed by atoms with Crippen molar-refractivity contribution in [3.63, 3.8) is 0 Å². The van der Waals surface area contributed by atoms with Gasteiger partial charge in [0, 0.05) is 6.20 Å². The SMILES string of the molecule is CCCCCc1cc(O)c(-c2ccccn2)c(O)c1. The van der Waals surface area contributed by atoms with Gasteiger partial charge in [-0.2, -0.15) is 0 Å². The van der Waals surface area contributed by atoms with E-state index in [-0.39, 0.29) is 11.5 Å². The van der Waals surface area contributed by atoms with Crippen molar-refractivity contribution in [1.82, 2.24) is 4.98 Å². The molecule has 0 radical (unpaired) electrons. The molecule has 0 saturated heterocycles. The quantitative estimate of drug-likeness (QED) is 0.799. The first-order valence-corrected chi connectivity index (χ1v) is 6.68. The van der Waals surface area contributed by atoms with Crippen LogP contribution in [0.3, 0.4) is 0 Å². The van der Waals surface area contributed by atoms with Crippen LogP contribution in [0.2, 0.25) is 0 Å². The Morgan fingerprint density at radius 1 is 1.05 bits per heavy atom. The number of hydrogen-bond acceptors (Lipinski definition) is 3. The first-order chi connectivity index (χ1) is 9.22. The van der Waals surface area contributed by atoms with E-state index in [9.17, 15) is 10.2 Å². The molecule has 0 bridgehead atoms. The summed E-state index contributed by atoms with van der Waals surface area (Å²) >= 11 is 0. The molecule has 3 nitrogen and oxygen atoms in total. The van der Waals surface area contributed by atoms with Gasteiger partial charge in [0.15, 0.2) is 0 Å². The van der Waals surface area contributed by atoms with E-state index in [0.717, 1.165) is 31.2 Å². The number of benzene rings is 1. The van der Waals surface area contributed by atoms with Gasteiger partial charge in [-0.25, -0.2) is 0 Å². The van der Waals surface area contributed by atoms with Crippen LogP contribution in [0, 0.1) is 0 Å². The van der Waals surface area contributed by atoms with Crippen molar-refractivity contribution in [2.45, 2.75) is 32.6 Å². The maximum atomic E-state index is 10.1. The van der Waals surface area contributed by atoms with Gasteiger partial charge in [-0.1, -0.05) is 25.8 Å². The van der Waals surface area contributed by atoms with Crippen LogP contribution in [-0.4, -0.2) is 15.2 Å². The fourth-order valence-corrected chi connectivity index (χ4v) is 2.16. The fraction of sp³-hybridized carbons (Fsp3) is 0.312.